The highest BCUT2D eigenvalue weighted by atomic mass is 35.5. The highest BCUT2D eigenvalue weighted by molar-refractivity contribution is 6.33. The molecule has 0 spiro atoms. The number of nitrogen functional groups attached to an aromatic ring is 1. The Morgan fingerprint density at radius 3 is 2.56 bits per heavy atom. The largest absolute Gasteiger partial charge is 0.398 e. The van der Waals surface area contributed by atoms with E-state index >= 15 is 0 Å². The molecule has 0 saturated heterocycles. The normalized spacial score (nSPS) is 12.3. The lowest BCUT2D eigenvalue weighted by atomic mass is 10.1. The molecule has 0 heterocycles. The van der Waals surface area contributed by atoms with Gasteiger partial charge in [0.2, 0.25) is 0 Å². The van der Waals surface area contributed by atoms with Crippen molar-refractivity contribution in [1.82, 2.24) is 5.32 Å². The number of rotatable bonds is 4. The number of benzene rings is 2. The zero-order valence-electron chi connectivity index (χ0n) is 10.4. The monoisotopic (exact) mass is 260 g/mol. The van der Waals surface area contributed by atoms with Gasteiger partial charge in [-0.15, -0.1) is 0 Å². The van der Waals surface area contributed by atoms with Crippen molar-refractivity contribution in [2.75, 3.05) is 5.73 Å². The standard InChI is InChI=1S/C15H17ClN2/c1-11(13-5-3-2-4-6-13)18-10-12-7-8-14(16)15(17)9-12/h2-9,11,18H,10,17H2,1H3. The Labute approximate surface area is 113 Å². The topological polar surface area (TPSA) is 38.0 Å². The number of hydrogen-bond donors (Lipinski definition) is 2. The van der Waals surface area contributed by atoms with Crippen LogP contribution in [-0.2, 0) is 6.54 Å². The second-order valence-corrected chi connectivity index (χ2v) is 4.78. The molecule has 0 aliphatic carbocycles. The van der Waals surface area contributed by atoms with Crippen LogP contribution >= 0.6 is 11.6 Å². The van der Waals surface area contributed by atoms with Gasteiger partial charge in [0.05, 0.1) is 10.7 Å². The Kier molecular flexibility index (Phi) is 4.24. The molecule has 1 unspecified atom stereocenters. The maximum Gasteiger partial charge on any atom is 0.0635 e. The zero-order valence-corrected chi connectivity index (χ0v) is 11.1. The van der Waals surface area contributed by atoms with Crippen LogP contribution in [0.25, 0.3) is 0 Å². The molecule has 0 aromatic heterocycles. The summed E-state index contributed by atoms with van der Waals surface area (Å²) in [7, 11) is 0. The maximum absolute atomic E-state index is 5.89. The van der Waals surface area contributed by atoms with Crippen molar-refractivity contribution in [1.29, 1.82) is 0 Å². The van der Waals surface area contributed by atoms with Crippen LogP contribution in [0.1, 0.15) is 24.1 Å². The van der Waals surface area contributed by atoms with E-state index in [0.29, 0.717) is 16.8 Å². The van der Waals surface area contributed by atoms with Gasteiger partial charge in [-0.3, -0.25) is 0 Å². The van der Waals surface area contributed by atoms with Gasteiger partial charge in [0.25, 0.3) is 0 Å². The number of anilines is 1. The minimum atomic E-state index is 0.308. The van der Waals surface area contributed by atoms with Gasteiger partial charge < -0.3 is 11.1 Å². The third kappa shape index (κ3) is 3.25. The SMILES string of the molecule is CC(NCc1ccc(Cl)c(N)c1)c1ccccc1. The molecule has 0 fully saturated rings. The summed E-state index contributed by atoms with van der Waals surface area (Å²) in [5.74, 6) is 0. The summed E-state index contributed by atoms with van der Waals surface area (Å²) in [6.45, 7) is 2.92. The first-order valence-corrected chi connectivity index (χ1v) is 6.37. The van der Waals surface area contributed by atoms with Crippen LogP contribution in [-0.4, -0.2) is 0 Å². The van der Waals surface area contributed by atoms with Crippen molar-refractivity contribution in [3.63, 3.8) is 0 Å². The van der Waals surface area contributed by atoms with Crippen LogP contribution in [0.5, 0.6) is 0 Å². The minimum Gasteiger partial charge on any atom is -0.398 e. The molecule has 18 heavy (non-hydrogen) atoms. The van der Waals surface area contributed by atoms with Gasteiger partial charge in [0, 0.05) is 12.6 Å². The van der Waals surface area contributed by atoms with Crippen LogP contribution in [0.2, 0.25) is 5.02 Å². The summed E-state index contributed by atoms with van der Waals surface area (Å²) >= 11 is 5.89. The van der Waals surface area contributed by atoms with E-state index in [2.05, 4.69) is 24.4 Å². The molecule has 0 bridgehead atoms. The average Bonchev–Trinajstić information content (AvgIpc) is 2.41. The van der Waals surface area contributed by atoms with E-state index < -0.39 is 0 Å². The number of halogens is 1. The van der Waals surface area contributed by atoms with E-state index in [-0.39, 0.29) is 0 Å². The molecule has 0 saturated carbocycles. The summed E-state index contributed by atoms with van der Waals surface area (Å²) in [4.78, 5) is 0. The molecular formula is C15H17ClN2. The third-order valence-corrected chi connectivity index (χ3v) is 3.32. The lowest BCUT2D eigenvalue weighted by Crippen LogP contribution is -2.18. The minimum absolute atomic E-state index is 0.308. The van der Waals surface area contributed by atoms with Crippen molar-refractivity contribution in [3.8, 4) is 0 Å². The smallest absolute Gasteiger partial charge is 0.0635 e. The summed E-state index contributed by atoms with van der Waals surface area (Å²) < 4.78 is 0. The summed E-state index contributed by atoms with van der Waals surface area (Å²) in [6, 6.07) is 16.4. The second-order valence-electron chi connectivity index (χ2n) is 4.37. The van der Waals surface area contributed by atoms with Crippen molar-refractivity contribution < 1.29 is 0 Å². The van der Waals surface area contributed by atoms with E-state index in [1.54, 1.807) is 0 Å². The molecule has 3 N–H and O–H groups in total. The highest BCUT2D eigenvalue weighted by Crippen LogP contribution is 2.20. The van der Waals surface area contributed by atoms with E-state index in [4.69, 9.17) is 17.3 Å². The van der Waals surface area contributed by atoms with E-state index in [1.165, 1.54) is 5.56 Å². The number of nitrogens with two attached hydrogens (primary N) is 1. The Bertz CT molecular complexity index is 511. The van der Waals surface area contributed by atoms with Crippen molar-refractivity contribution in [2.24, 2.45) is 0 Å². The molecule has 2 aromatic rings. The van der Waals surface area contributed by atoms with Gasteiger partial charge in [-0.1, -0.05) is 48.0 Å². The van der Waals surface area contributed by atoms with Crippen molar-refractivity contribution in [3.05, 3.63) is 64.7 Å². The Balaban J connectivity index is 1.97. The van der Waals surface area contributed by atoms with Gasteiger partial charge in [-0.25, -0.2) is 0 Å². The Hall–Kier alpha value is -1.51. The maximum atomic E-state index is 5.89. The fourth-order valence-electron chi connectivity index (χ4n) is 1.83. The summed E-state index contributed by atoms with van der Waals surface area (Å²) in [6.07, 6.45) is 0. The van der Waals surface area contributed by atoms with Crippen LogP contribution < -0.4 is 11.1 Å². The highest BCUT2D eigenvalue weighted by Gasteiger charge is 2.04. The molecule has 94 valence electrons. The van der Waals surface area contributed by atoms with Crippen LogP contribution in [0.3, 0.4) is 0 Å². The fourth-order valence-corrected chi connectivity index (χ4v) is 1.95. The molecule has 2 aromatic carbocycles. The van der Waals surface area contributed by atoms with E-state index in [1.807, 2.05) is 36.4 Å². The van der Waals surface area contributed by atoms with Gasteiger partial charge in [-0.2, -0.15) is 0 Å². The Morgan fingerprint density at radius 2 is 1.89 bits per heavy atom. The Morgan fingerprint density at radius 1 is 1.17 bits per heavy atom. The first-order chi connectivity index (χ1) is 8.66. The molecule has 2 rings (SSSR count). The first kappa shape index (κ1) is 12.9. The summed E-state index contributed by atoms with van der Waals surface area (Å²) in [5, 5.41) is 4.07. The van der Waals surface area contributed by atoms with Crippen LogP contribution in [0, 0.1) is 0 Å². The molecule has 1 atom stereocenters. The number of hydrogen-bond acceptors (Lipinski definition) is 2. The van der Waals surface area contributed by atoms with Crippen LogP contribution in [0.4, 0.5) is 5.69 Å². The second kappa shape index (κ2) is 5.89. The first-order valence-electron chi connectivity index (χ1n) is 5.99. The molecule has 3 heteroatoms. The lowest BCUT2D eigenvalue weighted by Gasteiger charge is -2.14. The molecule has 0 aliphatic heterocycles. The van der Waals surface area contributed by atoms with Gasteiger partial charge in [-0.05, 0) is 30.2 Å². The van der Waals surface area contributed by atoms with Gasteiger partial charge >= 0.3 is 0 Å². The quantitative estimate of drug-likeness (QED) is 0.822. The van der Waals surface area contributed by atoms with Crippen LogP contribution in [0.15, 0.2) is 48.5 Å². The van der Waals surface area contributed by atoms with Gasteiger partial charge in [0.1, 0.15) is 0 Å². The average molecular weight is 261 g/mol. The third-order valence-electron chi connectivity index (χ3n) is 2.97. The predicted octanol–water partition coefficient (Wildman–Crippen LogP) is 3.77. The molecule has 0 radical (unpaired) electrons. The molecule has 0 aliphatic rings. The molecular weight excluding hydrogens is 244 g/mol. The van der Waals surface area contributed by atoms with E-state index in [9.17, 15) is 0 Å². The predicted molar refractivity (Wildman–Crippen MR) is 77.6 cm³/mol. The molecule has 0 amide bonds. The zero-order chi connectivity index (χ0) is 13.0. The number of nitrogens with one attached hydrogen (secondary N) is 1. The van der Waals surface area contributed by atoms with E-state index in [0.717, 1.165) is 12.1 Å². The van der Waals surface area contributed by atoms with Crippen molar-refractivity contribution in [2.45, 2.75) is 19.5 Å². The fraction of sp³-hybridized carbons (Fsp3) is 0.200. The van der Waals surface area contributed by atoms with Crippen molar-refractivity contribution >= 4 is 17.3 Å². The lowest BCUT2D eigenvalue weighted by molar-refractivity contribution is 0.575. The van der Waals surface area contributed by atoms with Gasteiger partial charge in [0.15, 0.2) is 0 Å². The summed E-state index contributed by atoms with van der Waals surface area (Å²) in [5.41, 5.74) is 8.82. The molecule has 2 nitrogen and oxygen atoms in total.